The molecule has 5 rings (SSSR count). The first-order valence-corrected chi connectivity index (χ1v) is 12.9. The number of rotatable bonds is 6. The Hall–Kier alpha value is -3.03. The van der Waals surface area contributed by atoms with Crippen molar-refractivity contribution in [1.29, 1.82) is 0 Å². The number of thiophene rings is 1. The molecule has 1 aliphatic heterocycles. The monoisotopic (exact) mass is 474 g/mol. The Labute approximate surface area is 204 Å². The number of nitrogens with one attached hydrogen (secondary N) is 1. The fraction of sp³-hybridized carbons (Fsp3) is 0.370. The van der Waals surface area contributed by atoms with Crippen LogP contribution in [0, 0.1) is 0 Å². The molecule has 1 fully saturated rings. The number of piperazine rings is 1. The van der Waals surface area contributed by atoms with Crippen molar-refractivity contribution < 1.29 is 9.59 Å². The van der Waals surface area contributed by atoms with E-state index in [0.29, 0.717) is 23.7 Å². The second kappa shape index (κ2) is 10.5. The zero-order valence-corrected chi connectivity index (χ0v) is 20.2. The molecule has 0 spiro atoms. The van der Waals surface area contributed by atoms with E-state index in [1.165, 1.54) is 10.4 Å². The van der Waals surface area contributed by atoms with Crippen molar-refractivity contribution in [3.8, 4) is 0 Å². The molecular formula is C27H30N4O2S. The first kappa shape index (κ1) is 22.7. The van der Waals surface area contributed by atoms with E-state index in [0.717, 1.165) is 62.9 Å². The molecule has 0 atom stereocenters. The summed E-state index contributed by atoms with van der Waals surface area (Å²) in [5.41, 5.74) is 3.71. The van der Waals surface area contributed by atoms with Gasteiger partial charge in [0.1, 0.15) is 5.00 Å². The maximum atomic E-state index is 13.7. The van der Waals surface area contributed by atoms with Crippen LogP contribution in [-0.2, 0) is 19.3 Å². The number of aromatic nitrogens is 1. The third-order valence-electron chi connectivity index (χ3n) is 6.75. The third kappa shape index (κ3) is 5.05. The number of carbonyl (C=O) groups excluding carboxylic acids is 2. The second-order valence-electron chi connectivity index (χ2n) is 8.98. The molecule has 1 N–H and O–H groups in total. The van der Waals surface area contributed by atoms with E-state index in [4.69, 9.17) is 0 Å². The van der Waals surface area contributed by atoms with Gasteiger partial charge in [0, 0.05) is 50.0 Å². The molecule has 0 unspecified atom stereocenters. The Kier molecular flexibility index (Phi) is 7.02. The van der Waals surface area contributed by atoms with Crippen molar-refractivity contribution in [2.24, 2.45) is 0 Å². The van der Waals surface area contributed by atoms with Crippen LogP contribution in [0.25, 0.3) is 0 Å². The zero-order chi connectivity index (χ0) is 23.3. The number of benzene rings is 1. The van der Waals surface area contributed by atoms with E-state index in [2.05, 4.69) is 39.5 Å². The SMILES string of the molecule is O=C(Nc1sc2c(c1C(=O)N1CCN(CCc3ccccc3)CC1)CCCC2)c1cccnc1. The van der Waals surface area contributed by atoms with Crippen LogP contribution in [0.5, 0.6) is 0 Å². The molecule has 34 heavy (non-hydrogen) atoms. The summed E-state index contributed by atoms with van der Waals surface area (Å²) in [4.78, 5) is 36.2. The van der Waals surface area contributed by atoms with Gasteiger partial charge in [0.05, 0.1) is 11.1 Å². The minimum Gasteiger partial charge on any atom is -0.336 e. The summed E-state index contributed by atoms with van der Waals surface area (Å²) in [7, 11) is 0. The molecule has 2 amide bonds. The lowest BCUT2D eigenvalue weighted by atomic mass is 9.95. The molecule has 1 aliphatic carbocycles. The normalized spacial score (nSPS) is 16.2. The van der Waals surface area contributed by atoms with Gasteiger partial charge in [-0.2, -0.15) is 0 Å². The van der Waals surface area contributed by atoms with Gasteiger partial charge in [-0.3, -0.25) is 19.5 Å². The smallest absolute Gasteiger partial charge is 0.257 e. The number of anilines is 1. The van der Waals surface area contributed by atoms with Gasteiger partial charge >= 0.3 is 0 Å². The zero-order valence-electron chi connectivity index (χ0n) is 19.3. The highest BCUT2D eigenvalue weighted by molar-refractivity contribution is 7.17. The standard InChI is InChI=1S/C27H30N4O2S/c32-25(21-9-6-13-28-19-21)29-26-24(22-10-4-5-11-23(22)34-26)27(33)31-17-15-30(16-18-31)14-12-20-7-2-1-3-8-20/h1-3,6-9,13,19H,4-5,10-12,14-18H2,(H,29,32). The van der Waals surface area contributed by atoms with E-state index in [1.807, 2.05) is 11.0 Å². The number of hydrogen-bond acceptors (Lipinski definition) is 5. The first-order chi connectivity index (χ1) is 16.7. The molecule has 1 aromatic carbocycles. The van der Waals surface area contributed by atoms with Crippen molar-refractivity contribution in [3.05, 3.63) is 82.0 Å². The average molecular weight is 475 g/mol. The number of aryl methyl sites for hydroxylation is 1. The summed E-state index contributed by atoms with van der Waals surface area (Å²) >= 11 is 1.57. The van der Waals surface area contributed by atoms with Crippen LogP contribution in [0.2, 0.25) is 0 Å². The van der Waals surface area contributed by atoms with E-state index in [-0.39, 0.29) is 11.8 Å². The molecule has 7 heteroatoms. The number of carbonyl (C=O) groups is 2. The lowest BCUT2D eigenvalue weighted by molar-refractivity contribution is 0.0638. The van der Waals surface area contributed by atoms with Crippen LogP contribution in [-0.4, -0.2) is 59.3 Å². The van der Waals surface area contributed by atoms with Gasteiger partial charge in [-0.05, 0) is 55.4 Å². The third-order valence-corrected chi connectivity index (χ3v) is 7.96. The average Bonchev–Trinajstić information content (AvgIpc) is 3.26. The number of amides is 2. The molecule has 2 aromatic heterocycles. The minimum absolute atomic E-state index is 0.0589. The summed E-state index contributed by atoms with van der Waals surface area (Å²) in [5.74, 6) is -0.157. The summed E-state index contributed by atoms with van der Waals surface area (Å²) in [6, 6.07) is 14.0. The molecular weight excluding hydrogens is 444 g/mol. The lowest BCUT2D eigenvalue weighted by Gasteiger charge is -2.35. The Bertz CT molecular complexity index is 1140. The second-order valence-corrected chi connectivity index (χ2v) is 10.1. The van der Waals surface area contributed by atoms with Crippen molar-refractivity contribution in [2.45, 2.75) is 32.1 Å². The summed E-state index contributed by atoms with van der Waals surface area (Å²) < 4.78 is 0. The number of hydrogen-bond donors (Lipinski definition) is 1. The van der Waals surface area contributed by atoms with E-state index < -0.39 is 0 Å². The van der Waals surface area contributed by atoms with Crippen LogP contribution >= 0.6 is 11.3 Å². The highest BCUT2D eigenvalue weighted by Gasteiger charge is 2.31. The van der Waals surface area contributed by atoms with E-state index >= 15 is 0 Å². The van der Waals surface area contributed by atoms with Crippen molar-refractivity contribution in [3.63, 3.8) is 0 Å². The molecule has 1 saturated heterocycles. The Morgan fingerprint density at radius 3 is 2.53 bits per heavy atom. The van der Waals surface area contributed by atoms with Gasteiger partial charge < -0.3 is 10.2 Å². The maximum Gasteiger partial charge on any atom is 0.257 e. The van der Waals surface area contributed by atoms with Crippen LogP contribution < -0.4 is 5.32 Å². The van der Waals surface area contributed by atoms with Gasteiger partial charge in [-0.25, -0.2) is 0 Å². The number of nitrogens with zero attached hydrogens (tertiary/aromatic N) is 3. The first-order valence-electron chi connectivity index (χ1n) is 12.1. The Balaban J connectivity index is 1.28. The van der Waals surface area contributed by atoms with E-state index in [1.54, 1.807) is 35.9 Å². The Morgan fingerprint density at radius 2 is 1.76 bits per heavy atom. The van der Waals surface area contributed by atoms with Crippen molar-refractivity contribution in [1.82, 2.24) is 14.8 Å². The molecule has 3 heterocycles. The predicted octanol–water partition coefficient (Wildman–Crippen LogP) is 4.27. The molecule has 6 nitrogen and oxygen atoms in total. The topological polar surface area (TPSA) is 65.5 Å². The van der Waals surface area contributed by atoms with Crippen LogP contribution in [0.1, 0.15) is 49.6 Å². The van der Waals surface area contributed by atoms with Gasteiger partial charge in [0.2, 0.25) is 0 Å². The summed E-state index contributed by atoms with van der Waals surface area (Å²) in [5, 5.41) is 3.72. The van der Waals surface area contributed by atoms with Crippen LogP contribution in [0.4, 0.5) is 5.00 Å². The van der Waals surface area contributed by atoms with Crippen LogP contribution in [0.15, 0.2) is 54.9 Å². The van der Waals surface area contributed by atoms with Crippen molar-refractivity contribution >= 4 is 28.2 Å². The molecule has 0 radical (unpaired) electrons. The fourth-order valence-corrected chi connectivity index (χ4v) is 6.09. The van der Waals surface area contributed by atoms with Gasteiger partial charge in [-0.1, -0.05) is 30.3 Å². The lowest BCUT2D eigenvalue weighted by Crippen LogP contribution is -2.49. The van der Waals surface area contributed by atoms with Gasteiger partial charge in [0.15, 0.2) is 0 Å². The molecule has 0 bridgehead atoms. The minimum atomic E-state index is -0.216. The Morgan fingerprint density at radius 1 is 0.971 bits per heavy atom. The molecule has 3 aromatic rings. The van der Waals surface area contributed by atoms with Gasteiger partial charge in [0.25, 0.3) is 11.8 Å². The van der Waals surface area contributed by atoms with Crippen molar-refractivity contribution in [2.75, 3.05) is 38.0 Å². The van der Waals surface area contributed by atoms with Crippen LogP contribution in [0.3, 0.4) is 0 Å². The maximum absolute atomic E-state index is 13.7. The number of pyridine rings is 1. The fourth-order valence-electron chi connectivity index (χ4n) is 4.82. The van der Waals surface area contributed by atoms with E-state index in [9.17, 15) is 9.59 Å². The highest BCUT2D eigenvalue weighted by atomic mass is 32.1. The quantitative estimate of drug-likeness (QED) is 0.579. The molecule has 176 valence electrons. The summed E-state index contributed by atoms with van der Waals surface area (Å²) in [6.07, 6.45) is 8.35. The molecule has 0 saturated carbocycles. The molecule has 2 aliphatic rings. The van der Waals surface area contributed by atoms with Gasteiger partial charge in [-0.15, -0.1) is 11.3 Å². The largest absolute Gasteiger partial charge is 0.336 e. The predicted molar refractivity (Wildman–Crippen MR) is 136 cm³/mol. The highest BCUT2D eigenvalue weighted by Crippen LogP contribution is 2.39. The number of fused-ring (bicyclic) bond motifs is 1. The summed E-state index contributed by atoms with van der Waals surface area (Å²) in [6.45, 7) is 4.19.